The molecule has 0 amide bonds. The Bertz CT molecular complexity index is 804. The second-order valence-corrected chi connectivity index (χ2v) is 6.00. The summed E-state index contributed by atoms with van der Waals surface area (Å²) < 4.78 is 5.27. The standard InChI is InChI=1S/C13H7Cl3N2OS/c1-19-8-4-5-20-11(8)13-17-10-7(15)3-2-6(14)9(10)12(16)18-13/h2-5H,1H3. The first-order valence-electron chi connectivity index (χ1n) is 5.55. The van der Waals surface area contributed by atoms with Crippen molar-refractivity contribution >= 4 is 57.0 Å². The van der Waals surface area contributed by atoms with Gasteiger partial charge in [-0.2, -0.15) is 0 Å². The highest BCUT2D eigenvalue weighted by Crippen LogP contribution is 2.38. The maximum atomic E-state index is 6.22. The molecule has 0 N–H and O–H groups in total. The number of fused-ring (bicyclic) bond motifs is 1. The zero-order valence-corrected chi connectivity index (χ0v) is 13.2. The van der Waals surface area contributed by atoms with Crippen LogP contribution < -0.4 is 4.74 Å². The predicted molar refractivity (Wildman–Crippen MR) is 84.4 cm³/mol. The molecule has 0 bridgehead atoms. The van der Waals surface area contributed by atoms with Crippen molar-refractivity contribution in [3.63, 3.8) is 0 Å². The SMILES string of the molecule is COc1ccsc1-c1nc(Cl)c2c(Cl)ccc(Cl)c2n1. The summed E-state index contributed by atoms with van der Waals surface area (Å²) in [6.45, 7) is 0. The van der Waals surface area contributed by atoms with E-state index in [1.165, 1.54) is 11.3 Å². The van der Waals surface area contributed by atoms with Crippen molar-refractivity contribution < 1.29 is 4.74 Å². The van der Waals surface area contributed by atoms with Gasteiger partial charge in [0.25, 0.3) is 0 Å². The summed E-state index contributed by atoms with van der Waals surface area (Å²) >= 11 is 20.0. The first-order valence-corrected chi connectivity index (χ1v) is 7.56. The predicted octanol–water partition coefficient (Wildman–Crippen LogP) is 5.33. The third-order valence-corrected chi connectivity index (χ3v) is 4.54. The monoisotopic (exact) mass is 344 g/mol. The van der Waals surface area contributed by atoms with E-state index in [1.54, 1.807) is 19.2 Å². The molecule has 3 aromatic rings. The lowest BCUT2D eigenvalue weighted by atomic mass is 10.2. The van der Waals surface area contributed by atoms with Gasteiger partial charge in [-0.25, -0.2) is 9.97 Å². The van der Waals surface area contributed by atoms with Crippen molar-refractivity contribution in [3.05, 3.63) is 38.8 Å². The molecule has 0 radical (unpaired) electrons. The number of hydrogen-bond donors (Lipinski definition) is 0. The van der Waals surface area contributed by atoms with Crippen LogP contribution in [-0.2, 0) is 0 Å². The van der Waals surface area contributed by atoms with Crippen LogP contribution in [0.2, 0.25) is 15.2 Å². The van der Waals surface area contributed by atoms with Gasteiger partial charge in [0, 0.05) is 0 Å². The quantitative estimate of drug-likeness (QED) is 0.589. The smallest absolute Gasteiger partial charge is 0.175 e. The van der Waals surface area contributed by atoms with Gasteiger partial charge in [-0.15, -0.1) is 11.3 Å². The van der Waals surface area contributed by atoms with E-state index in [0.29, 0.717) is 32.5 Å². The minimum absolute atomic E-state index is 0.271. The summed E-state index contributed by atoms with van der Waals surface area (Å²) in [6.07, 6.45) is 0. The molecule has 0 saturated carbocycles. The third-order valence-electron chi connectivity index (χ3n) is 2.76. The Kier molecular flexibility index (Phi) is 3.73. The van der Waals surface area contributed by atoms with Crippen molar-refractivity contribution in [2.45, 2.75) is 0 Å². The molecule has 0 fully saturated rings. The van der Waals surface area contributed by atoms with Crippen LogP contribution >= 0.6 is 46.1 Å². The molecule has 3 nitrogen and oxygen atoms in total. The molecule has 2 aromatic heterocycles. The zero-order valence-electron chi connectivity index (χ0n) is 10.2. The van der Waals surface area contributed by atoms with E-state index >= 15 is 0 Å². The van der Waals surface area contributed by atoms with Crippen LogP contribution in [0.4, 0.5) is 0 Å². The number of rotatable bonds is 2. The second-order valence-electron chi connectivity index (χ2n) is 3.91. The Morgan fingerprint density at radius 2 is 1.80 bits per heavy atom. The number of thiophene rings is 1. The zero-order chi connectivity index (χ0) is 14.3. The van der Waals surface area contributed by atoms with E-state index in [-0.39, 0.29) is 5.15 Å². The van der Waals surface area contributed by atoms with Gasteiger partial charge in [0.15, 0.2) is 5.82 Å². The first-order chi connectivity index (χ1) is 9.61. The summed E-state index contributed by atoms with van der Waals surface area (Å²) in [5, 5.41) is 3.67. The Morgan fingerprint density at radius 3 is 2.55 bits per heavy atom. The van der Waals surface area contributed by atoms with Gasteiger partial charge >= 0.3 is 0 Å². The van der Waals surface area contributed by atoms with Gasteiger partial charge < -0.3 is 4.74 Å². The maximum Gasteiger partial charge on any atom is 0.175 e. The highest BCUT2D eigenvalue weighted by Gasteiger charge is 2.16. The summed E-state index contributed by atoms with van der Waals surface area (Å²) in [6, 6.07) is 5.21. The molecule has 20 heavy (non-hydrogen) atoms. The Morgan fingerprint density at radius 1 is 1.05 bits per heavy atom. The largest absolute Gasteiger partial charge is 0.495 e. The lowest BCUT2D eigenvalue weighted by Gasteiger charge is -2.07. The molecule has 3 rings (SSSR count). The van der Waals surface area contributed by atoms with E-state index in [2.05, 4.69) is 9.97 Å². The average molecular weight is 346 g/mol. The molecule has 0 spiro atoms. The van der Waals surface area contributed by atoms with E-state index in [0.717, 1.165) is 4.88 Å². The van der Waals surface area contributed by atoms with Crippen molar-refractivity contribution in [2.24, 2.45) is 0 Å². The van der Waals surface area contributed by atoms with E-state index in [4.69, 9.17) is 39.5 Å². The lowest BCUT2D eigenvalue weighted by Crippen LogP contribution is -1.93. The summed E-state index contributed by atoms with van der Waals surface area (Å²) in [7, 11) is 1.60. The van der Waals surface area contributed by atoms with Gasteiger partial charge in [0.05, 0.1) is 28.1 Å². The number of nitrogens with zero attached hydrogens (tertiary/aromatic N) is 2. The summed E-state index contributed by atoms with van der Waals surface area (Å²) in [5.74, 6) is 1.17. The van der Waals surface area contributed by atoms with Gasteiger partial charge in [0.2, 0.25) is 0 Å². The number of aromatic nitrogens is 2. The van der Waals surface area contributed by atoms with E-state index in [1.807, 2.05) is 11.4 Å². The fourth-order valence-electron chi connectivity index (χ4n) is 1.85. The Hall–Kier alpha value is -1.07. The van der Waals surface area contributed by atoms with Gasteiger partial charge in [-0.3, -0.25) is 0 Å². The molecule has 1 aromatic carbocycles. The number of benzene rings is 1. The Labute approximate surface area is 134 Å². The number of halogens is 3. The molecule has 2 heterocycles. The Balaban J connectivity index is 2.32. The van der Waals surface area contributed by atoms with Crippen LogP contribution in [0.25, 0.3) is 21.6 Å². The van der Waals surface area contributed by atoms with Crippen LogP contribution in [0, 0.1) is 0 Å². The number of methoxy groups -OCH3 is 1. The fraction of sp³-hybridized carbons (Fsp3) is 0.0769. The minimum Gasteiger partial charge on any atom is -0.495 e. The fourth-order valence-corrected chi connectivity index (χ4v) is 3.40. The molecule has 0 saturated heterocycles. The van der Waals surface area contributed by atoms with Crippen LogP contribution in [0.1, 0.15) is 0 Å². The van der Waals surface area contributed by atoms with Crippen molar-refractivity contribution in [3.8, 4) is 16.5 Å². The van der Waals surface area contributed by atoms with Crippen LogP contribution in [0.5, 0.6) is 5.75 Å². The molecule has 0 unspecified atom stereocenters. The van der Waals surface area contributed by atoms with Crippen LogP contribution in [-0.4, -0.2) is 17.1 Å². The average Bonchev–Trinajstić information content (AvgIpc) is 2.91. The summed E-state index contributed by atoms with van der Waals surface area (Å²) in [4.78, 5) is 9.56. The van der Waals surface area contributed by atoms with E-state index in [9.17, 15) is 0 Å². The van der Waals surface area contributed by atoms with Crippen molar-refractivity contribution in [2.75, 3.05) is 7.11 Å². The number of hydrogen-bond acceptors (Lipinski definition) is 4. The van der Waals surface area contributed by atoms with Crippen LogP contribution in [0.3, 0.4) is 0 Å². The topological polar surface area (TPSA) is 35.0 Å². The van der Waals surface area contributed by atoms with Crippen molar-refractivity contribution in [1.82, 2.24) is 9.97 Å². The molecule has 102 valence electrons. The van der Waals surface area contributed by atoms with Crippen LogP contribution in [0.15, 0.2) is 23.6 Å². The molecule has 0 aliphatic heterocycles. The molecular formula is C13H7Cl3N2OS. The molecular weight excluding hydrogens is 339 g/mol. The molecule has 7 heteroatoms. The third kappa shape index (κ3) is 2.23. The minimum atomic E-state index is 0.271. The molecule has 0 aliphatic carbocycles. The highest BCUT2D eigenvalue weighted by atomic mass is 35.5. The highest BCUT2D eigenvalue weighted by molar-refractivity contribution is 7.13. The molecule has 0 atom stereocenters. The van der Waals surface area contributed by atoms with E-state index < -0.39 is 0 Å². The maximum absolute atomic E-state index is 6.22. The van der Waals surface area contributed by atoms with Gasteiger partial charge in [-0.05, 0) is 23.6 Å². The van der Waals surface area contributed by atoms with Gasteiger partial charge in [-0.1, -0.05) is 34.8 Å². The van der Waals surface area contributed by atoms with Crippen molar-refractivity contribution in [1.29, 1.82) is 0 Å². The number of ether oxygens (including phenoxy) is 1. The second kappa shape index (κ2) is 5.37. The molecule has 0 aliphatic rings. The first kappa shape index (κ1) is 13.9. The van der Waals surface area contributed by atoms with Gasteiger partial charge in [0.1, 0.15) is 15.8 Å². The normalized spacial score (nSPS) is 11.0. The lowest BCUT2D eigenvalue weighted by molar-refractivity contribution is 0.418. The summed E-state index contributed by atoms with van der Waals surface area (Å²) in [5.41, 5.74) is 0.532.